The van der Waals surface area contributed by atoms with Gasteiger partial charge in [0.2, 0.25) is 0 Å². The Balaban J connectivity index is 1.61. The third kappa shape index (κ3) is 2.71. The maximum absolute atomic E-state index is 11.8. The van der Waals surface area contributed by atoms with Gasteiger partial charge < -0.3 is 9.73 Å². The van der Waals surface area contributed by atoms with E-state index in [4.69, 9.17) is 16.0 Å². The van der Waals surface area contributed by atoms with Crippen LogP contribution in [0.4, 0.5) is 0 Å². The minimum absolute atomic E-state index is 0.221. The Hall–Kier alpha value is -1.78. The van der Waals surface area contributed by atoms with Crippen LogP contribution in [0, 0.1) is 0 Å². The van der Waals surface area contributed by atoms with E-state index in [-0.39, 0.29) is 16.9 Å². The Labute approximate surface area is 125 Å². The summed E-state index contributed by atoms with van der Waals surface area (Å²) in [6.07, 6.45) is 0.796. The van der Waals surface area contributed by atoms with Crippen LogP contribution >= 0.6 is 22.9 Å². The lowest BCUT2D eigenvalue weighted by molar-refractivity contribution is 0.0926. The van der Waals surface area contributed by atoms with Gasteiger partial charge in [0.1, 0.15) is 0 Å². The molecule has 3 aromatic rings. The Bertz CT molecular complexity index is 747. The van der Waals surface area contributed by atoms with Crippen LogP contribution in [0.25, 0.3) is 10.1 Å². The molecular weight excluding hydrogens is 294 g/mol. The summed E-state index contributed by atoms with van der Waals surface area (Å²) >= 11 is 7.36. The molecule has 2 heterocycles. The molecule has 0 spiro atoms. The number of amides is 1. The van der Waals surface area contributed by atoms with Crippen molar-refractivity contribution in [3.8, 4) is 0 Å². The number of carbonyl (C=O) groups is 1. The van der Waals surface area contributed by atoms with Crippen LogP contribution in [0.2, 0.25) is 5.22 Å². The van der Waals surface area contributed by atoms with Gasteiger partial charge in [0.15, 0.2) is 11.0 Å². The highest BCUT2D eigenvalue weighted by Crippen LogP contribution is 2.25. The largest absolute Gasteiger partial charge is 0.440 e. The molecule has 0 fully saturated rings. The van der Waals surface area contributed by atoms with Gasteiger partial charge in [-0.2, -0.15) is 0 Å². The second kappa shape index (κ2) is 5.69. The van der Waals surface area contributed by atoms with E-state index in [0.29, 0.717) is 6.54 Å². The van der Waals surface area contributed by atoms with Gasteiger partial charge in [-0.15, -0.1) is 11.3 Å². The monoisotopic (exact) mass is 305 g/mol. The second-order valence-electron chi connectivity index (χ2n) is 4.37. The molecule has 20 heavy (non-hydrogen) atoms. The molecule has 0 saturated heterocycles. The molecule has 3 rings (SSSR count). The van der Waals surface area contributed by atoms with Crippen molar-refractivity contribution in [3.63, 3.8) is 0 Å². The molecule has 0 unspecified atom stereocenters. The lowest BCUT2D eigenvalue weighted by atomic mass is 10.1. The van der Waals surface area contributed by atoms with Gasteiger partial charge in [-0.05, 0) is 52.6 Å². The molecule has 1 amide bonds. The standard InChI is InChI=1S/C15H12ClNO2S/c16-14-6-5-12(19-14)15(18)17-8-7-10-9-20-13-4-2-1-3-11(10)13/h1-6,9H,7-8H2,(H,17,18). The molecule has 2 aromatic heterocycles. The summed E-state index contributed by atoms with van der Waals surface area (Å²) in [5, 5.41) is 6.45. The van der Waals surface area contributed by atoms with E-state index in [9.17, 15) is 4.79 Å². The average Bonchev–Trinajstić information content (AvgIpc) is 3.06. The quantitative estimate of drug-likeness (QED) is 0.788. The number of thiophene rings is 1. The fourth-order valence-corrected chi connectivity index (χ4v) is 3.20. The first-order valence-corrected chi connectivity index (χ1v) is 7.48. The van der Waals surface area contributed by atoms with Gasteiger partial charge in [-0.25, -0.2) is 0 Å². The van der Waals surface area contributed by atoms with Crippen molar-refractivity contribution in [1.82, 2.24) is 5.32 Å². The second-order valence-corrected chi connectivity index (χ2v) is 5.65. The Morgan fingerprint density at radius 3 is 2.90 bits per heavy atom. The number of hydrogen-bond acceptors (Lipinski definition) is 3. The van der Waals surface area contributed by atoms with Crippen molar-refractivity contribution in [1.29, 1.82) is 0 Å². The predicted octanol–water partition coefficient (Wildman–Crippen LogP) is 4.12. The van der Waals surface area contributed by atoms with Crippen LogP contribution in [0.1, 0.15) is 16.1 Å². The summed E-state index contributed by atoms with van der Waals surface area (Å²) in [5.74, 6) is 0.00149. The Kier molecular flexibility index (Phi) is 3.76. The molecule has 3 nitrogen and oxygen atoms in total. The Morgan fingerprint density at radius 2 is 2.10 bits per heavy atom. The number of hydrogen-bond donors (Lipinski definition) is 1. The van der Waals surface area contributed by atoms with E-state index < -0.39 is 0 Å². The summed E-state index contributed by atoms with van der Waals surface area (Å²) in [6, 6.07) is 11.4. The van der Waals surface area contributed by atoms with Crippen LogP contribution < -0.4 is 5.32 Å². The first kappa shape index (κ1) is 13.2. The number of benzene rings is 1. The molecule has 0 bridgehead atoms. The number of carbonyl (C=O) groups excluding carboxylic acids is 1. The van der Waals surface area contributed by atoms with E-state index in [2.05, 4.69) is 22.8 Å². The molecule has 1 N–H and O–H groups in total. The topological polar surface area (TPSA) is 42.2 Å². The molecule has 5 heteroatoms. The van der Waals surface area contributed by atoms with Crippen LogP contribution in [0.15, 0.2) is 46.2 Å². The van der Waals surface area contributed by atoms with Gasteiger partial charge >= 0.3 is 0 Å². The normalized spacial score (nSPS) is 10.8. The zero-order valence-electron chi connectivity index (χ0n) is 10.6. The van der Waals surface area contributed by atoms with E-state index >= 15 is 0 Å². The third-order valence-electron chi connectivity index (χ3n) is 3.04. The molecule has 0 saturated carbocycles. The van der Waals surface area contributed by atoms with Gasteiger partial charge in [-0.1, -0.05) is 18.2 Å². The Morgan fingerprint density at radius 1 is 1.25 bits per heavy atom. The van der Waals surface area contributed by atoms with E-state index in [0.717, 1.165) is 6.42 Å². The van der Waals surface area contributed by atoms with Crippen LogP contribution in [-0.4, -0.2) is 12.5 Å². The van der Waals surface area contributed by atoms with Crippen LogP contribution in [-0.2, 0) is 6.42 Å². The average molecular weight is 306 g/mol. The highest BCUT2D eigenvalue weighted by molar-refractivity contribution is 7.17. The molecule has 102 valence electrons. The van der Waals surface area contributed by atoms with Crippen molar-refractivity contribution in [2.75, 3.05) is 6.54 Å². The van der Waals surface area contributed by atoms with E-state index in [1.807, 2.05) is 12.1 Å². The summed E-state index contributed by atoms with van der Waals surface area (Å²) in [5.41, 5.74) is 1.25. The first-order chi connectivity index (χ1) is 9.74. The minimum Gasteiger partial charge on any atom is -0.440 e. The van der Waals surface area contributed by atoms with E-state index in [1.165, 1.54) is 15.6 Å². The van der Waals surface area contributed by atoms with Crippen LogP contribution in [0.3, 0.4) is 0 Å². The predicted molar refractivity (Wildman–Crippen MR) is 81.6 cm³/mol. The minimum atomic E-state index is -0.239. The number of halogens is 1. The smallest absolute Gasteiger partial charge is 0.287 e. The number of furan rings is 1. The van der Waals surface area contributed by atoms with Gasteiger partial charge in [0.05, 0.1) is 0 Å². The summed E-state index contributed by atoms with van der Waals surface area (Å²) in [4.78, 5) is 11.8. The van der Waals surface area contributed by atoms with Gasteiger partial charge in [0, 0.05) is 11.2 Å². The highest BCUT2D eigenvalue weighted by atomic mass is 35.5. The van der Waals surface area contributed by atoms with E-state index in [1.54, 1.807) is 23.5 Å². The van der Waals surface area contributed by atoms with Gasteiger partial charge in [0.25, 0.3) is 5.91 Å². The van der Waals surface area contributed by atoms with Crippen molar-refractivity contribution >= 4 is 38.9 Å². The van der Waals surface area contributed by atoms with Crippen molar-refractivity contribution in [3.05, 3.63) is 58.3 Å². The summed E-state index contributed by atoms with van der Waals surface area (Å²) < 4.78 is 6.33. The summed E-state index contributed by atoms with van der Waals surface area (Å²) in [7, 11) is 0. The number of rotatable bonds is 4. The lowest BCUT2D eigenvalue weighted by Crippen LogP contribution is -2.25. The molecule has 1 aromatic carbocycles. The first-order valence-electron chi connectivity index (χ1n) is 6.22. The zero-order chi connectivity index (χ0) is 13.9. The van der Waals surface area contributed by atoms with Crippen molar-refractivity contribution in [2.45, 2.75) is 6.42 Å². The van der Waals surface area contributed by atoms with Crippen LogP contribution in [0.5, 0.6) is 0 Å². The maximum atomic E-state index is 11.8. The highest BCUT2D eigenvalue weighted by Gasteiger charge is 2.10. The number of nitrogens with one attached hydrogen (secondary N) is 1. The van der Waals surface area contributed by atoms with Crippen molar-refractivity contribution < 1.29 is 9.21 Å². The molecule has 0 aliphatic carbocycles. The molecule has 0 radical (unpaired) electrons. The molecule has 0 atom stereocenters. The fraction of sp³-hybridized carbons (Fsp3) is 0.133. The molecule has 0 aliphatic heterocycles. The SMILES string of the molecule is O=C(NCCc1csc2ccccc12)c1ccc(Cl)o1. The summed E-state index contributed by atoms with van der Waals surface area (Å²) in [6.45, 7) is 0.567. The van der Waals surface area contributed by atoms with Gasteiger partial charge in [-0.3, -0.25) is 4.79 Å². The van der Waals surface area contributed by atoms with Crippen molar-refractivity contribution in [2.24, 2.45) is 0 Å². The molecular formula is C15H12ClNO2S. The maximum Gasteiger partial charge on any atom is 0.287 e. The zero-order valence-corrected chi connectivity index (χ0v) is 12.1. The lowest BCUT2D eigenvalue weighted by Gasteiger charge is -2.02. The fourth-order valence-electron chi connectivity index (χ4n) is 2.06. The number of fused-ring (bicyclic) bond motifs is 1. The third-order valence-corrected chi connectivity index (χ3v) is 4.25. The molecule has 0 aliphatic rings.